The zero-order valence-electron chi connectivity index (χ0n) is 9.20. The Hall–Kier alpha value is -1.33. The van der Waals surface area contributed by atoms with Crippen LogP contribution in [0.4, 0.5) is 13.2 Å². The van der Waals surface area contributed by atoms with Crippen molar-refractivity contribution in [3.63, 3.8) is 0 Å². The number of Topliss-reactive ketones (excluding diaryl/α,β-unsaturated/α-hetero) is 1. The maximum Gasteiger partial charge on any atom is 0.394 e. The fourth-order valence-electron chi connectivity index (χ4n) is 2.07. The molecule has 3 nitrogen and oxygen atoms in total. The highest BCUT2D eigenvalue weighted by molar-refractivity contribution is 5.79. The van der Waals surface area contributed by atoms with E-state index in [1.54, 1.807) is 10.9 Å². The summed E-state index contributed by atoms with van der Waals surface area (Å²) in [7, 11) is 0. The Bertz CT molecular complexity index is 401. The van der Waals surface area contributed by atoms with Crippen LogP contribution in [0.15, 0.2) is 12.3 Å². The van der Waals surface area contributed by atoms with Crippen molar-refractivity contribution < 1.29 is 18.0 Å². The Balaban J connectivity index is 2.00. The summed E-state index contributed by atoms with van der Waals surface area (Å²) in [5.41, 5.74) is 0.0365. The Morgan fingerprint density at radius 3 is 2.59 bits per heavy atom. The second-order valence-corrected chi connectivity index (χ2v) is 4.35. The van der Waals surface area contributed by atoms with Crippen LogP contribution in [-0.2, 0) is 11.2 Å². The molecule has 1 heterocycles. The molecule has 0 amide bonds. The third kappa shape index (κ3) is 3.31. The van der Waals surface area contributed by atoms with Gasteiger partial charge in [0.1, 0.15) is 5.78 Å². The highest BCUT2D eigenvalue weighted by Crippen LogP contribution is 2.26. The summed E-state index contributed by atoms with van der Waals surface area (Å²) in [5.74, 6) is 0.226. The molecule has 1 aromatic rings. The summed E-state index contributed by atoms with van der Waals surface area (Å²) < 4.78 is 38.0. The van der Waals surface area contributed by atoms with Gasteiger partial charge in [-0.1, -0.05) is 0 Å². The molecule has 1 fully saturated rings. The summed E-state index contributed by atoms with van der Waals surface area (Å²) in [6.45, 7) is 0. The Morgan fingerprint density at radius 2 is 2.00 bits per heavy atom. The monoisotopic (exact) mass is 246 g/mol. The van der Waals surface area contributed by atoms with E-state index in [1.807, 2.05) is 0 Å². The number of hydrogen-bond donors (Lipinski definition) is 0. The molecular weight excluding hydrogens is 233 g/mol. The van der Waals surface area contributed by atoms with Gasteiger partial charge in [-0.05, 0) is 18.9 Å². The predicted molar refractivity (Wildman–Crippen MR) is 54.5 cm³/mol. The van der Waals surface area contributed by atoms with Gasteiger partial charge < -0.3 is 0 Å². The lowest BCUT2D eigenvalue weighted by molar-refractivity contribution is -0.127. The van der Waals surface area contributed by atoms with E-state index in [0.717, 1.165) is 0 Å². The van der Waals surface area contributed by atoms with Gasteiger partial charge in [0.15, 0.2) is 0 Å². The number of ketones is 1. The van der Waals surface area contributed by atoms with Crippen LogP contribution < -0.4 is 0 Å². The molecule has 0 aliphatic heterocycles. The van der Waals surface area contributed by atoms with Gasteiger partial charge in [0.25, 0.3) is 0 Å². The van der Waals surface area contributed by atoms with Crippen LogP contribution in [0.3, 0.4) is 0 Å². The number of halogens is 3. The standard InChI is InChI=1S/C11H13F3N2O/c12-11(13,14)7-8-5-6-16(15-8)9-1-3-10(17)4-2-9/h5-6,9H,1-4,7H2. The molecule has 0 saturated heterocycles. The van der Waals surface area contributed by atoms with Crippen LogP contribution in [0.1, 0.15) is 37.4 Å². The van der Waals surface area contributed by atoms with Crippen LogP contribution in [-0.4, -0.2) is 21.7 Å². The van der Waals surface area contributed by atoms with E-state index in [9.17, 15) is 18.0 Å². The van der Waals surface area contributed by atoms with E-state index in [1.165, 1.54) is 6.07 Å². The van der Waals surface area contributed by atoms with Gasteiger partial charge in [-0.2, -0.15) is 18.3 Å². The fourth-order valence-corrected chi connectivity index (χ4v) is 2.07. The largest absolute Gasteiger partial charge is 0.394 e. The van der Waals surface area contributed by atoms with Crippen LogP contribution in [0, 0.1) is 0 Å². The second kappa shape index (κ2) is 4.50. The van der Waals surface area contributed by atoms with Gasteiger partial charge >= 0.3 is 6.18 Å². The van der Waals surface area contributed by atoms with Gasteiger partial charge in [-0.3, -0.25) is 9.48 Å². The van der Waals surface area contributed by atoms with E-state index in [4.69, 9.17) is 0 Å². The zero-order valence-corrected chi connectivity index (χ0v) is 9.20. The van der Waals surface area contributed by atoms with Crippen molar-refractivity contribution in [1.29, 1.82) is 0 Å². The van der Waals surface area contributed by atoms with Crippen molar-refractivity contribution in [3.8, 4) is 0 Å². The third-order valence-corrected chi connectivity index (χ3v) is 2.93. The quantitative estimate of drug-likeness (QED) is 0.804. The number of rotatable bonds is 2. The van der Waals surface area contributed by atoms with E-state index < -0.39 is 12.6 Å². The Morgan fingerprint density at radius 1 is 1.35 bits per heavy atom. The molecule has 0 unspecified atom stereocenters. The molecule has 0 spiro atoms. The van der Waals surface area contributed by atoms with Crippen molar-refractivity contribution in [2.24, 2.45) is 0 Å². The Labute approximate surface area is 96.6 Å². The van der Waals surface area contributed by atoms with Gasteiger partial charge in [-0.25, -0.2) is 0 Å². The summed E-state index contributed by atoms with van der Waals surface area (Å²) in [6, 6.07) is 1.46. The summed E-state index contributed by atoms with van der Waals surface area (Å²) >= 11 is 0. The number of carbonyl (C=O) groups is 1. The number of nitrogens with zero attached hydrogens (tertiary/aromatic N) is 2. The average molecular weight is 246 g/mol. The highest BCUT2D eigenvalue weighted by atomic mass is 19.4. The van der Waals surface area contributed by atoms with E-state index in [2.05, 4.69) is 5.10 Å². The number of carbonyl (C=O) groups excluding carboxylic acids is 1. The third-order valence-electron chi connectivity index (χ3n) is 2.93. The lowest BCUT2D eigenvalue weighted by Gasteiger charge is -2.21. The second-order valence-electron chi connectivity index (χ2n) is 4.35. The van der Waals surface area contributed by atoms with Crippen molar-refractivity contribution >= 4 is 5.78 Å². The first kappa shape index (κ1) is 12.1. The maximum atomic E-state index is 12.2. The van der Waals surface area contributed by atoms with Crippen LogP contribution >= 0.6 is 0 Å². The molecule has 0 bridgehead atoms. The van der Waals surface area contributed by atoms with E-state index in [-0.39, 0.29) is 17.5 Å². The molecule has 1 aromatic heterocycles. The molecule has 1 aliphatic carbocycles. The minimum absolute atomic E-state index is 0.0365. The number of alkyl halides is 3. The molecule has 0 atom stereocenters. The molecule has 0 radical (unpaired) electrons. The fraction of sp³-hybridized carbons (Fsp3) is 0.636. The molecular formula is C11H13F3N2O. The Kier molecular flexibility index (Phi) is 3.22. The molecule has 17 heavy (non-hydrogen) atoms. The first-order chi connectivity index (χ1) is 7.94. The smallest absolute Gasteiger partial charge is 0.300 e. The van der Waals surface area contributed by atoms with Gasteiger partial charge in [0.2, 0.25) is 0 Å². The molecule has 94 valence electrons. The molecule has 6 heteroatoms. The molecule has 1 saturated carbocycles. The molecule has 1 aliphatic rings. The number of aromatic nitrogens is 2. The van der Waals surface area contributed by atoms with Crippen LogP contribution in [0.5, 0.6) is 0 Å². The van der Waals surface area contributed by atoms with Gasteiger partial charge in [-0.15, -0.1) is 0 Å². The van der Waals surface area contributed by atoms with Crippen LogP contribution in [0.25, 0.3) is 0 Å². The lowest BCUT2D eigenvalue weighted by atomic mass is 9.95. The minimum Gasteiger partial charge on any atom is -0.300 e. The van der Waals surface area contributed by atoms with E-state index in [0.29, 0.717) is 25.7 Å². The predicted octanol–water partition coefficient (Wildman–Crippen LogP) is 2.67. The molecule has 0 N–H and O–H groups in total. The van der Waals surface area contributed by atoms with Gasteiger partial charge in [0.05, 0.1) is 18.2 Å². The molecule has 0 aromatic carbocycles. The van der Waals surface area contributed by atoms with Crippen molar-refractivity contribution in [3.05, 3.63) is 18.0 Å². The van der Waals surface area contributed by atoms with Gasteiger partial charge in [0, 0.05) is 19.0 Å². The SMILES string of the molecule is O=C1CCC(n2ccc(CC(F)(F)F)n2)CC1. The van der Waals surface area contributed by atoms with Crippen LogP contribution in [0.2, 0.25) is 0 Å². The zero-order chi connectivity index (χ0) is 12.5. The first-order valence-electron chi connectivity index (χ1n) is 5.56. The highest BCUT2D eigenvalue weighted by Gasteiger charge is 2.29. The van der Waals surface area contributed by atoms with E-state index >= 15 is 0 Å². The van der Waals surface area contributed by atoms with Crippen molar-refractivity contribution in [1.82, 2.24) is 9.78 Å². The van der Waals surface area contributed by atoms with Crippen molar-refractivity contribution in [2.75, 3.05) is 0 Å². The first-order valence-corrected chi connectivity index (χ1v) is 5.56. The van der Waals surface area contributed by atoms with Crippen molar-refractivity contribution in [2.45, 2.75) is 44.3 Å². The summed E-state index contributed by atoms with van der Waals surface area (Å²) in [4.78, 5) is 11.1. The minimum atomic E-state index is -4.22. The molecule has 2 rings (SSSR count). The lowest BCUT2D eigenvalue weighted by Crippen LogP contribution is -2.19. The topological polar surface area (TPSA) is 34.9 Å². The summed E-state index contributed by atoms with van der Waals surface area (Å²) in [5, 5.41) is 3.93. The summed E-state index contributed by atoms with van der Waals surface area (Å²) in [6.07, 6.45) is -1.30. The maximum absolute atomic E-state index is 12.2. The number of hydrogen-bond acceptors (Lipinski definition) is 2. The normalized spacial score (nSPS) is 18.6. The average Bonchev–Trinajstić information content (AvgIpc) is 2.64.